The van der Waals surface area contributed by atoms with Gasteiger partial charge in [0.2, 0.25) is 0 Å². The molecule has 2 aliphatic heterocycles. The van der Waals surface area contributed by atoms with E-state index in [-0.39, 0.29) is 12.1 Å². The minimum absolute atomic E-state index is 0.0226. The van der Waals surface area contributed by atoms with E-state index in [1.54, 1.807) is 7.11 Å². The molecule has 4 heterocycles. The molecule has 2 aromatic rings. The maximum Gasteiger partial charge on any atom is 0.170 e. The summed E-state index contributed by atoms with van der Waals surface area (Å²) >= 11 is 5.72. The van der Waals surface area contributed by atoms with E-state index in [2.05, 4.69) is 44.2 Å². The third-order valence-electron chi connectivity index (χ3n) is 5.54. The monoisotopic (exact) mass is 400 g/mol. The number of ether oxygens (including phenoxy) is 2. The highest BCUT2D eigenvalue weighted by atomic mass is 32.1. The van der Waals surface area contributed by atoms with E-state index in [9.17, 15) is 0 Å². The Morgan fingerprint density at radius 1 is 1.32 bits per heavy atom. The Hall–Kier alpha value is -1.96. The maximum absolute atomic E-state index is 5.88. The summed E-state index contributed by atoms with van der Waals surface area (Å²) in [6, 6.07) is 10.5. The lowest BCUT2D eigenvalue weighted by atomic mass is 10.0. The Labute approximate surface area is 171 Å². The molecule has 2 aromatic heterocycles. The number of pyridine rings is 1. The van der Waals surface area contributed by atoms with Gasteiger partial charge in [-0.3, -0.25) is 4.98 Å². The first kappa shape index (κ1) is 19.4. The minimum Gasteiger partial charge on any atom is -0.385 e. The SMILES string of the molecule is COCCCN1C(=S)N[C@H](c2ccccn2)[C@H]1c1cccn1C[C@H]1CCCO1. The topological polar surface area (TPSA) is 51.5 Å². The fourth-order valence-electron chi connectivity index (χ4n) is 4.22. The van der Waals surface area contributed by atoms with Crippen molar-refractivity contribution in [2.75, 3.05) is 26.9 Å². The van der Waals surface area contributed by atoms with Crippen LogP contribution in [0, 0.1) is 0 Å². The van der Waals surface area contributed by atoms with E-state index >= 15 is 0 Å². The molecule has 150 valence electrons. The predicted octanol–water partition coefficient (Wildman–Crippen LogP) is 3.07. The number of rotatable bonds is 8. The number of hydrogen-bond donors (Lipinski definition) is 1. The van der Waals surface area contributed by atoms with Crippen molar-refractivity contribution in [2.24, 2.45) is 0 Å². The summed E-state index contributed by atoms with van der Waals surface area (Å²) < 4.78 is 13.5. The van der Waals surface area contributed by atoms with Gasteiger partial charge in [0.15, 0.2) is 5.11 Å². The molecule has 2 saturated heterocycles. The summed E-state index contributed by atoms with van der Waals surface area (Å²) in [5, 5.41) is 4.30. The average molecular weight is 401 g/mol. The van der Waals surface area contributed by atoms with Gasteiger partial charge >= 0.3 is 0 Å². The van der Waals surface area contributed by atoms with Crippen LogP contribution in [0.3, 0.4) is 0 Å². The lowest BCUT2D eigenvalue weighted by Gasteiger charge is -2.29. The Bertz CT molecular complexity index is 776. The molecule has 7 heteroatoms. The highest BCUT2D eigenvalue weighted by Crippen LogP contribution is 2.39. The summed E-state index contributed by atoms with van der Waals surface area (Å²) in [6.45, 7) is 3.32. The molecule has 0 bridgehead atoms. The first-order valence-electron chi connectivity index (χ1n) is 10.0. The van der Waals surface area contributed by atoms with E-state index in [0.717, 1.165) is 56.4 Å². The largest absolute Gasteiger partial charge is 0.385 e. The van der Waals surface area contributed by atoms with Crippen molar-refractivity contribution in [3.63, 3.8) is 0 Å². The number of methoxy groups -OCH3 is 1. The van der Waals surface area contributed by atoms with Gasteiger partial charge in [-0.25, -0.2) is 0 Å². The number of aromatic nitrogens is 2. The summed E-state index contributed by atoms with van der Waals surface area (Å²) in [5.74, 6) is 0. The van der Waals surface area contributed by atoms with Gasteiger partial charge in [0.05, 0.1) is 23.9 Å². The standard InChI is InChI=1S/C21H28N4O2S/c1-26-13-6-12-25-20(19(23-21(25)28)17-8-2-3-10-22-17)18-9-4-11-24(18)15-16-7-5-14-27-16/h2-4,8-11,16,19-20H,5-7,12-15H2,1H3,(H,23,28)/t16-,19-,20-/m1/s1. The summed E-state index contributed by atoms with van der Waals surface area (Å²) in [7, 11) is 1.74. The van der Waals surface area contributed by atoms with Crippen LogP contribution >= 0.6 is 12.2 Å². The fraction of sp³-hybridized carbons (Fsp3) is 0.524. The van der Waals surface area contributed by atoms with Crippen LogP contribution in [0.2, 0.25) is 0 Å². The Kier molecular flexibility index (Phi) is 6.24. The molecule has 0 radical (unpaired) electrons. The smallest absolute Gasteiger partial charge is 0.170 e. The minimum atomic E-state index is 0.0226. The Balaban J connectivity index is 1.64. The van der Waals surface area contributed by atoms with Crippen LogP contribution in [0.4, 0.5) is 0 Å². The molecule has 6 nitrogen and oxygen atoms in total. The predicted molar refractivity (Wildman–Crippen MR) is 112 cm³/mol. The highest BCUT2D eigenvalue weighted by Gasteiger charge is 2.41. The third kappa shape index (κ3) is 4.06. The van der Waals surface area contributed by atoms with E-state index in [1.807, 2.05) is 18.3 Å². The van der Waals surface area contributed by atoms with E-state index < -0.39 is 0 Å². The van der Waals surface area contributed by atoms with Gasteiger partial charge in [0.25, 0.3) is 0 Å². The number of nitrogens with zero attached hydrogens (tertiary/aromatic N) is 3. The van der Waals surface area contributed by atoms with Crippen LogP contribution in [0.25, 0.3) is 0 Å². The van der Waals surface area contributed by atoms with E-state index in [4.69, 9.17) is 21.7 Å². The zero-order valence-electron chi connectivity index (χ0n) is 16.3. The van der Waals surface area contributed by atoms with Crippen molar-refractivity contribution in [2.45, 2.75) is 44.0 Å². The quantitative estimate of drug-likeness (QED) is 0.543. The van der Waals surface area contributed by atoms with Crippen LogP contribution < -0.4 is 5.32 Å². The third-order valence-corrected chi connectivity index (χ3v) is 5.89. The molecule has 2 fully saturated rings. The van der Waals surface area contributed by atoms with Gasteiger partial charge in [-0.1, -0.05) is 6.07 Å². The van der Waals surface area contributed by atoms with Gasteiger partial charge in [-0.15, -0.1) is 0 Å². The zero-order valence-corrected chi connectivity index (χ0v) is 17.1. The van der Waals surface area contributed by atoms with Crippen LogP contribution in [0.15, 0.2) is 42.7 Å². The van der Waals surface area contributed by atoms with Crippen molar-refractivity contribution in [1.82, 2.24) is 19.8 Å². The van der Waals surface area contributed by atoms with E-state index in [0.29, 0.717) is 6.10 Å². The Morgan fingerprint density at radius 3 is 3.00 bits per heavy atom. The van der Waals surface area contributed by atoms with Crippen molar-refractivity contribution < 1.29 is 9.47 Å². The first-order valence-corrected chi connectivity index (χ1v) is 10.4. The van der Waals surface area contributed by atoms with Crippen LogP contribution in [0.1, 0.15) is 42.7 Å². The second-order valence-electron chi connectivity index (χ2n) is 7.39. The van der Waals surface area contributed by atoms with Crippen molar-refractivity contribution in [3.8, 4) is 0 Å². The normalized spacial score (nSPS) is 24.7. The fourth-order valence-corrected chi connectivity index (χ4v) is 4.55. The highest BCUT2D eigenvalue weighted by molar-refractivity contribution is 7.80. The molecule has 4 rings (SSSR count). The Morgan fingerprint density at radius 2 is 2.25 bits per heavy atom. The van der Waals surface area contributed by atoms with Crippen molar-refractivity contribution in [1.29, 1.82) is 0 Å². The summed E-state index contributed by atoms with van der Waals surface area (Å²) in [5.41, 5.74) is 2.25. The molecule has 28 heavy (non-hydrogen) atoms. The first-order chi connectivity index (χ1) is 13.8. The second kappa shape index (κ2) is 9.03. The molecule has 0 aromatic carbocycles. The van der Waals surface area contributed by atoms with Gasteiger partial charge in [0.1, 0.15) is 0 Å². The summed E-state index contributed by atoms with van der Waals surface area (Å²) in [6.07, 6.45) is 7.49. The van der Waals surface area contributed by atoms with Crippen LogP contribution in [-0.4, -0.2) is 52.5 Å². The van der Waals surface area contributed by atoms with Gasteiger partial charge < -0.3 is 24.3 Å². The lowest BCUT2D eigenvalue weighted by molar-refractivity contribution is 0.0952. The summed E-state index contributed by atoms with van der Waals surface area (Å²) in [4.78, 5) is 6.90. The molecule has 3 atom stereocenters. The number of nitrogens with one attached hydrogen (secondary N) is 1. The van der Waals surface area contributed by atoms with Crippen molar-refractivity contribution >= 4 is 17.3 Å². The lowest BCUT2D eigenvalue weighted by Crippen LogP contribution is -2.32. The van der Waals surface area contributed by atoms with E-state index in [1.165, 1.54) is 5.69 Å². The molecule has 0 saturated carbocycles. The molecule has 0 amide bonds. The molecule has 0 unspecified atom stereocenters. The molecular weight excluding hydrogens is 372 g/mol. The second-order valence-corrected chi connectivity index (χ2v) is 7.77. The number of thiocarbonyl (C=S) groups is 1. The van der Waals surface area contributed by atoms with Crippen LogP contribution in [0.5, 0.6) is 0 Å². The molecule has 0 aliphatic carbocycles. The zero-order chi connectivity index (χ0) is 19.3. The number of hydrogen-bond acceptors (Lipinski definition) is 4. The molecular formula is C21H28N4O2S. The maximum atomic E-state index is 5.88. The van der Waals surface area contributed by atoms with Gasteiger partial charge in [-0.05, 0) is 55.7 Å². The molecule has 1 N–H and O–H groups in total. The molecule has 0 spiro atoms. The van der Waals surface area contributed by atoms with Crippen molar-refractivity contribution in [3.05, 3.63) is 54.1 Å². The van der Waals surface area contributed by atoms with Crippen LogP contribution in [-0.2, 0) is 16.0 Å². The molecule has 2 aliphatic rings. The average Bonchev–Trinajstić information content (AvgIpc) is 3.45. The van der Waals surface area contributed by atoms with Gasteiger partial charge in [0, 0.05) is 51.5 Å². The van der Waals surface area contributed by atoms with Gasteiger partial charge in [-0.2, -0.15) is 0 Å².